The zero-order valence-corrected chi connectivity index (χ0v) is 12.3. The molecule has 0 atom stereocenters. The highest BCUT2D eigenvalue weighted by atomic mass is 35.5. The van der Waals surface area contributed by atoms with Crippen LogP contribution in [-0.2, 0) is 11.3 Å². The summed E-state index contributed by atoms with van der Waals surface area (Å²) in [5.41, 5.74) is 2.64. The maximum Gasteiger partial charge on any atom is 0.323 e. The molecule has 0 saturated carbocycles. The number of benzene rings is 2. The molecule has 0 unspecified atom stereocenters. The Morgan fingerprint density at radius 1 is 1.24 bits per heavy atom. The minimum Gasteiger partial charge on any atom is -0.480 e. The van der Waals surface area contributed by atoms with E-state index in [0.717, 1.165) is 16.8 Å². The van der Waals surface area contributed by atoms with Crippen LogP contribution in [-0.4, -0.2) is 17.6 Å². The Labute approximate surface area is 127 Å². The highest BCUT2D eigenvalue weighted by Gasteiger charge is 2.12. The maximum atomic E-state index is 13.2. The van der Waals surface area contributed by atoms with E-state index in [9.17, 15) is 9.18 Å². The molecular formula is C16H15ClFNO2. The van der Waals surface area contributed by atoms with Gasteiger partial charge in [-0.2, -0.15) is 0 Å². The predicted molar refractivity (Wildman–Crippen MR) is 81.3 cm³/mol. The van der Waals surface area contributed by atoms with Crippen LogP contribution in [0.1, 0.15) is 11.1 Å². The fourth-order valence-corrected chi connectivity index (χ4v) is 2.22. The van der Waals surface area contributed by atoms with Gasteiger partial charge in [-0.1, -0.05) is 35.4 Å². The summed E-state index contributed by atoms with van der Waals surface area (Å²) in [5.74, 6) is -1.41. The van der Waals surface area contributed by atoms with Gasteiger partial charge < -0.3 is 10.0 Å². The van der Waals surface area contributed by atoms with E-state index < -0.39 is 11.8 Å². The Kier molecular flexibility index (Phi) is 4.81. The summed E-state index contributed by atoms with van der Waals surface area (Å²) < 4.78 is 13.2. The van der Waals surface area contributed by atoms with Gasteiger partial charge in [0.25, 0.3) is 0 Å². The SMILES string of the molecule is Cc1ccc(N(CC(=O)O)Cc2ccc(F)c(Cl)c2)cc1. The van der Waals surface area contributed by atoms with Crippen molar-refractivity contribution in [3.8, 4) is 0 Å². The van der Waals surface area contributed by atoms with E-state index in [0.29, 0.717) is 6.54 Å². The number of nitrogens with zero attached hydrogens (tertiary/aromatic N) is 1. The van der Waals surface area contributed by atoms with Crippen molar-refractivity contribution in [2.45, 2.75) is 13.5 Å². The third kappa shape index (κ3) is 4.20. The lowest BCUT2D eigenvalue weighted by molar-refractivity contribution is -0.135. The van der Waals surface area contributed by atoms with E-state index in [-0.39, 0.29) is 11.6 Å². The van der Waals surface area contributed by atoms with Crippen LogP contribution in [0.4, 0.5) is 10.1 Å². The van der Waals surface area contributed by atoms with Crippen LogP contribution in [0.25, 0.3) is 0 Å². The first-order valence-electron chi connectivity index (χ1n) is 6.43. The van der Waals surface area contributed by atoms with Gasteiger partial charge in [0.15, 0.2) is 0 Å². The van der Waals surface area contributed by atoms with Crippen LogP contribution in [0.2, 0.25) is 5.02 Å². The fraction of sp³-hybridized carbons (Fsp3) is 0.188. The van der Waals surface area contributed by atoms with Crippen LogP contribution >= 0.6 is 11.6 Å². The quantitative estimate of drug-likeness (QED) is 0.911. The zero-order chi connectivity index (χ0) is 15.4. The number of rotatable bonds is 5. The van der Waals surface area contributed by atoms with Crippen LogP contribution in [0.3, 0.4) is 0 Å². The molecule has 0 heterocycles. The topological polar surface area (TPSA) is 40.5 Å². The molecule has 0 bridgehead atoms. The standard InChI is InChI=1S/C16H15ClFNO2/c1-11-2-5-13(6-3-11)19(10-16(20)21)9-12-4-7-15(18)14(17)8-12/h2-8H,9-10H2,1H3,(H,20,21). The summed E-state index contributed by atoms with van der Waals surface area (Å²) in [4.78, 5) is 12.7. The van der Waals surface area contributed by atoms with E-state index in [4.69, 9.17) is 16.7 Å². The minimum absolute atomic E-state index is 0.0340. The molecule has 110 valence electrons. The molecule has 0 aliphatic carbocycles. The van der Waals surface area contributed by atoms with Gasteiger partial charge in [0.2, 0.25) is 0 Å². The molecule has 0 spiro atoms. The largest absolute Gasteiger partial charge is 0.480 e. The van der Waals surface area contributed by atoms with Crippen molar-refractivity contribution in [1.29, 1.82) is 0 Å². The number of hydrogen-bond acceptors (Lipinski definition) is 2. The van der Waals surface area contributed by atoms with Crippen molar-refractivity contribution in [3.05, 3.63) is 64.4 Å². The summed E-state index contributed by atoms with van der Waals surface area (Å²) >= 11 is 5.76. The van der Waals surface area contributed by atoms with Crippen LogP contribution in [0.15, 0.2) is 42.5 Å². The van der Waals surface area contributed by atoms with Crippen molar-refractivity contribution in [2.24, 2.45) is 0 Å². The number of aryl methyl sites for hydroxylation is 1. The predicted octanol–water partition coefficient (Wildman–Crippen LogP) is 3.88. The first-order chi connectivity index (χ1) is 9.95. The van der Waals surface area contributed by atoms with Gasteiger partial charge in [0, 0.05) is 12.2 Å². The molecule has 0 radical (unpaired) electrons. The van der Waals surface area contributed by atoms with Crippen molar-refractivity contribution in [2.75, 3.05) is 11.4 Å². The van der Waals surface area contributed by atoms with E-state index in [1.807, 2.05) is 31.2 Å². The average molecular weight is 308 g/mol. The van der Waals surface area contributed by atoms with E-state index in [1.54, 1.807) is 11.0 Å². The van der Waals surface area contributed by atoms with Crippen LogP contribution < -0.4 is 4.90 Å². The Balaban J connectivity index is 2.25. The van der Waals surface area contributed by atoms with Crippen molar-refractivity contribution in [3.63, 3.8) is 0 Å². The second kappa shape index (κ2) is 6.59. The van der Waals surface area contributed by atoms with Gasteiger partial charge >= 0.3 is 5.97 Å². The van der Waals surface area contributed by atoms with Gasteiger partial charge in [-0.3, -0.25) is 4.79 Å². The van der Waals surface area contributed by atoms with E-state index in [1.165, 1.54) is 12.1 Å². The average Bonchev–Trinajstić information content (AvgIpc) is 2.42. The number of halogens is 2. The molecule has 0 aliphatic rings. The Morgan fingerprint density at radius 2 is 1.90 bits per heavy atom. The fourth-order valence-electron chi connectivity index (χ4n) is 2.02. The summed E-state index contributed by atoms with van der Waals surface area (Å²) in [6.45, 7) is 2.17. The molecule has 0 amide bonds. The van der Waals surface area contributed by atoms with Gasteiger partial charge in [-0.25, -0.2) is 4.39 Å². The number of hydrogen-bond donors (Lipinski definition) is 1. The molecule has 0 saturated heterocycles. The van der Waals surface area contributed by atoms with Crippen LogP contribution in [0.5, 0.6) is 0 Å². The van der Waals surface area contributed by atoms with Crippen molar-refractivity contribution < 1.29 is 14.3 Å². The molecule has 0 aliphatic heterocycles. The summed E-state index contributed by atoms with van der Waals surface area (Å²) in [6, 6.07) is 12.0. The lowest BCUT2D eigenvalue weighted by Crippen LogP contribution is -2.29. The molecule has 2 aromatic rings. The second-order valence-electron chi connectivity index (χ2n) is 4.83. The molecule has 3 nitrogen and oxygen atoms in total. The van der Waals surface area contributed by atoms with Crippen molar-refractivity contribution in [1.82, 2.24) is 0 Å². The molecule has 2 aromatic carbocycles. The summed E-state index contributed by atoms with van der Waals surface area (Å²) in [5, 5.41) is 9.08. The zero-order valence-electron chi connectivity index (χ0n) is 11.5. The normalized spacial score (nSPS) is 10.4. The van der Waals surface area contributed by atoms with Crippen molar-refractivity contribution >= 4 is 23.3 Å². The number of carboxylic acid groups (broad SMARTS) is 1. The summed E-state index contributed by atoms with van der Waals surface area (Å²) in [6.07, 6.45) is 0. The third-order valence-corrected chi connectivity index (χ3v) is 3.37. The molecule has 21 heavy (non-hydrogen) atoms. The number of aliphatic carboxylic acids is 1. The lowest BCUT2D eigenvalue weighted by Gasteiger charge is -2.23. The number of carbonyl (C=O) groups is 1. The minimum atomic E-state index is -0.927. The Hall–Kier alpha value is -2.07. The Bertz CT molecular complexity index is 643. The first kappa shape index (κ1) is 15.3. The Morgan fingerprint density at radius 3 is 2.48 bits per heavy atom. The van der Waals surface area contributed by atoms with E-state index >= 15 is 0 Å². The molecule has 5 heteroatoms. The first-order valence-corrected chi connectivity index (χ1v) is 6.81. The number of anilines is 1. The third-order valence-electron chi connectivity index (χ3n) is 3.08. The van der Waals surface area contributed by atoms with Gasteiger partial charge in [-0.05, 0) is 36.8 Å². The molecule has 2 rings (SSSR count). The number of carboxylic acids is 1. The molecule has 1 N–H and O–H groups in total. The molecule has 0 aromatic heterocycles. The monoisotopic (exact) mass is 307 g/mol. The lowest BCUT2D eigenvalue weighted by atomic mass is 10.1. The van der Waals surface area contributed by atoms with Gasteiger partial charge in [-0.15, -0.1) is 0 Å². The highest BCUT2D eigenvalue weighted by molar-refractivity contribution is 6.30. The maximum absolute atomic E-state index is 13.2. The highest BCUT2D eigenvalue weighted by Crippen LogP contribution is 2.21. The smallest absolute Gasteiger partial charge is 0.323 e. The van der Waals surface area contributed by atoms with Gasteiger partial charge in [0.1, 0.15) is 12.4 Å². The van der Waals surface area contributed by atoms with E-state index in [2.05, 4.69) is 0 Å². The molecular weight excluding hydrogens is 293 g/mol. The second-order valence-corrected chi connectivity index (χ2v) is 5.24. The van der Waals surface area contributed by atoms with Crippen LogP contribution in [0, 0.1) is 12.7 Å². The summed E-state index contributed by atoms with van der Waals surface area (Å²) in [7, 11) is 0. The van der Waals surface area contributed by atoms with Gasteiger partial charge in [0.05, 0.1) is 5.02 Å². The molecule has 0 fully saturated rings.